The van der Waals surface area contributed by atoms with E-state index in [9.17, 15) is 4.79 Å². The Hall–Kier alpha value is -3.81. The molecular weight excluding hydrogens is 426 g/mol. The van der Waals surface area contributed by atoms with Crippen LogP contribution in [0, 0.1) is 6.92 Å². The minimum atomic E-state index is -0.124. The Kier molecular flexibility index (Phi) is 5.20. The summed E-state index contributed by atoms with van der Waals surface area (Å²) in [7, 11) is 0. The second kappa shape index (κ2) is 8.52. The van der Waals surface area contributed by atoms with Gasteiger partial charge in [0.25, 0.3) is 5.91 Å². The van der Waals surface area contributed by atoms with Gasteiger partial charge in [-0.2, -0.15) is 9.78 Å². The molecule has 1 aliphatic heterocycles. The zero-order valence-electron chi connectivity index (χ0n) is 19.2. The molecule has 172 valence electrons. The summed E-state index contributed by atoms with van der Waals surface area (Å²) >= 11 is 0. The molecule has 0 aromatic carbocycles. The highest BCUT2D eigenvalue weighted by molar-refractivity contribution is 6.06. The molecule has 1 N–H and O–H groups in total. The Morgan fingerprint density at radius 1 is 1.09 bits per heavy atom. The SMILES string of the molecule is Cc1nn(-c2ccccn2)c2nc(C3CC3)cc(C(=O)NCc3ccc(N4CCCC4)nc3)c12. The second-order valence-electron chi connectivity index (χ2n) is 9.15. The highest BCUT2D eigenvalue weighted by Gasteiger charge is 2.29. The van der Waals surface area contributed by atoms with Crippen LogP contribution in [0.1, 0.15) is 58.9 Å². The molecule has 2 aliphatic rings. The number of amides is 1. The molecule has 4 aromatic heterocycles. The highest BCUT2D eigenvalue weighted by atomic mass is 16.1. The minimum Gasteiger partial charge on any atom is -0.357 e. The number of rotatable bonds is 6. The number of carbonyl (C=O) groups excluding carboxylic acids is 1. The van der Waals surface area contributed by atoms with Crippen LogP contribution in [0.5, 0.6) is 0 Å². The fourth-order valence-corrected chi connectivity index (χ4v) is 4.65. The molecule has 1 saturated heterocycles. The van der Waals surface area contributed by atoms with Crippen molar-refractivity contribution in [3.63, 3.8) is 0 Å². The molecule has 0 spiro atoms. The van der Waals surface area contributed by atoms with E-state index in [-0.39, 0.29) is 5.91 Å². The van der Waals surface area contributed by atoms with Crippen LogP contribution in [0.4, 0.5) is 5.82 Å². The van der Waals surface area contributed by atoms with E-state index in [0.717, 1.165) is 54.1 Å². The van der Waals surface area contributed by atoms with E-state index in [1.165, 1.54) is 12.8 Å². The number of aromatic nitrogens is 5. The number of hydrogen-bond acceptors (Lipinski definition) is 6. The molecule has 2 fully saturated rings. The average Bonchev–Trinajstić information content (AvgIpc) is 3.48. The van der Waals surface area contributed by atoms with Gasteiger partial charge in [0.1, 0.15) is 5.82 Å². The summed E-state index contributed by atoms with van der Waals surface area (Å²) in [5, 5.41) is 8.55. The first-order chi connectivity index (χ1) is 16.7. The lowest BCUT2D eigenvalue weighted by atomic mass is 10.1. The summed E-state index contributed by atoms with van der Waals surface area (Å²) in [5.74, 6) is 1.99. The summed E-state index contributed by atoms with van der Waals surface area (Å²) in [6, 6.07) is 11.7. The molecule has 0 radical (unpaired) electrons. The van der Waals surface area contributed by atoms with Crippen molar-refractivity contribution in [1.82, 2.24) is 30.0 Å². The van der Waals surface area contributed by atoms with Crippen LogP contribution in [0.15, 0.2) is 48.8 Å². The van der Waals surface area contributed by atoms with Gasteiger partial charge < -0.3 is 10.2 Å². The summed E-state index contributed by atoms with van der Waals surface area (Å²) in [6.07, 6.45) is 8.24. The summed E-state index contributed by atoms with van der Waals surface area (Å²) in [4.78, 5) is 29.6. The zero-order valence-corrected chi connectivity index (χ0v) is 19.2. The smallest absolute Gasteiger partial charge is 0.252 e. The third kappa shape index (κ3) is 3.89. The van der Waals surface area contributed by atoms with Crippen molar-refractivity contribution >= 4 is 22.8 Å². The number of nitrogens with one attached hydrogen (secondary N) is 1. The third-order valence-corrected chi connectivity index (χ3v) is 6.63. The zero-order chi connectivity index (χ0) is 23.1. The number of fused-ring (bicyclic) bond motifs is 1. The lowest BCUT2D eigenvalue weighted by Gasteiger charge is -2.16. The first-order valence-electron chi connectivity index (χ1n) is 12.0. The van der Waals surface area contributed by atoms with Gasteiger partial charge in [-0.1, -0.05) is 12.1 Å². The van der Waals surface area contributed by atoms with Crippen molar-refractivity contribution in [1.29, 1.82) is 0 Å². The van der Waals surface area contributed by atoms with Crippen LogP contribution in [0.2, 0.25) is 0 Å². The van der Waals surface area contributed by atoms with Gasteiger partial charge >= 0.3 is 0 Å². The number of hydrogen-bond donors (Lipinski definition) is 1. The quantitative estimate of drug-likeness (QED) is 0.476. The van der Waals surface area contributed by atoms with Crippen molar-refractivity contribution in [2.75, 3.05) is 18.0 Å². The van der Waals surface area contributed by atoms with E-state index in [0.29, 0.717) is 29.5 Å². The summed E-state index contributed by atoms with van der Waals surface area (Å²) in [6.45, 7) is 4.46. The van der Waals surface area contributed by atoms with E-state index < -0.39 is 0 Å². The first kappa shape index (κ1) is 20.8. The predicted octanol–water partition coefficient (Wildman–Crippen LogP) is 3.93. The van der Waals surface area contributed by atoms with E-state index in [4.69, 9.17) is 4.98 Å². The van der Waals surface area contributed by atoms with Gasteiger partial charge in [-0.3, -0.25) is 4.79 Å². The van der Waals surface area contributed by atoms with Crippen LogP contribution in [-0.2, 0) is 6.54 Å². The molecule has 5 heterocycles. The molecule has 8 nitrogen and oxygen atoms in total. The summed E-state index contributed by atoms with van der Waals surface area (Å²) in [5.41, 5.74) is 3.99. The molecule has 0 bridgehead atoms. The maximum atomic E-state index is 13.4. The Labute approximate surface area is 198 Å². The number of aryl methyl sites for hydroxylation is 1. The Balaban J connectivity index is 1.29. The van der Waals surface area contributed by atoms with Crippen LogP contribution in [0.3, 0.4) is 0 Å². The van der Waals surface area contributed by atoms with E-state index in [1.807, 2.05) is 49.5 Å². The third-order valence-electron chi connectivity index (χ3n) is 6.63. The topological polar surface area (TPSA) is 88.8 Å². The molecule has 1 saturated carbocycles. The Morgan fingerprint density at radius 2 is 1.94 bits per heavy atom. The molecule has 6 rings (SSSR count). The molecule has 1 aliphatic carbocycles. The number of carbonyl (C=O) groups is 1. The Morgan fingerprint density at radius 3 is 2.65 bits per heavy atom. The monoisotopic (exact) mass is 453 g/mol. The molecule has 0 atom stereocenters. The highest BCUT2D eigenvalue weighted by Crippen LogP contribution is 2.40. The van der Waals surface area contributed by atoms with Crippen LogP contribution in [0.25, 0.3) is 16.9 Å². The van der Waals surface area contributed by atoms with Gasteiger partial charge in [0, 0.05) is 43.6 Å². The summed E-state index contributed by atoms with van der Waals surface area (Å²) < 4.78 is 1.74. The van der Waals surface area contributed by atoms with Gasteiger partial charge in [-0.05, 0) is 62.4 Å². The van der Waals surface area contributed by atoms with Crippen molar-refractivity contribution < 1.29 is 4.79 Å². The van der Waals surface area contributed by atoms with E-state index in [2.05, 4.69) is 25.3 Å². The fourth-order valence-electron chi connectivity index (χ4n) is 4.65. The molecule has 0 unspecified atom stereocenters. The first-order valence-corrected chi connectivity index (χ1v) is 12.0. The van der Waals surface area contributed by atoms with Gasteiger partial charge in [0.2, 0.25) is 0 Å². The van der Waals surface area contributed by atoms with Crippen molar-refractivity contribution in [2.45, 2.75) is 45.1 Å². The largest absolute Gasteiger partial charge is 0.357 e. The van der Waals surface area contributed by atoms with Crippen LogP contribution < -0.4 is 10.2 Å². The molecule has 34 heavy (non-hydrogen) atoms. The number of anilines is 1. The maximum Gasteiger partial charge on any atom is 0.252 e. The van der Waals surface area contributed by atoms with E-state index >= 15 is 0 Å². The molecular formula is C26H27N7O. The number of nitrogens with zero attached hydrogens (tertiary/aromatic N) is 6. The van der Waals surface area contributed by atoms with E-state index in [1.54, 1.807) is 10.9 Å². The fraction of sp³-hybridized carbons (Fsp3) is 0.346. The maximum absolute atomic E-state index is 13.4. The van der Waals surface area contributed by atoms with Crippen molar-refractivity contribution in [3.8, 4) is 5.82 Å². The lowest BCUT2D eigenvalue weighted by molar-refractivity contribution is 0.0952. The van der Waals surface area contributed by atoms with Crippen molar-refractivity contribution in [3.05, 3.63) is 71.3 Å². The number of pyridine rings is 3. The molecule has 1 amide bonds. The lowest BCUT2D eigenvalue weighted by Crippen LogP contribution is -2.24. The van der Waals surface area contributed by atoms with Crippen molar-refractivity contribution in [2.24, 2.45) is 0 Å². The molecule has 8 heteroatoms. The standard InChI is InChI=1S/C26H27N7O/c1-17-24-20(26(34)29-16-18-7-10-22(28-15-18)32-12-4-5-13-32)14-21(19-8-9-19)30-25(24)33(31-17)23-6-2-3-11-27-23/h2-3,6-7,10-11,14-15,19H,4-5,8-9,12-13,16H2,1H3,(H,29,34). The van der Waals surface area contributed by atoms with Gasteiger partial charge in [0.05, 0.1) is 16.6 Å². The van der Waals surface area contributed by atoms with Gasteiger partial charge in [-0.15, -0.1) is 0 Å². The minimum absolute atomic E-state index is 0.124. The second-order valence-corrected chi connectivity index (χ2v) is 9.15. The Bertz CT molecular complexity index is 1340. The van der Waals surface area contributed by atoms with Gasteiger partial charge in [-0.25, -0.2) is 15.0 Å². The normalized spacial score (nSPS) is 15.7. The van der Waals surface area contributed by atoms with Gasteiger partial charge in [0.15, 0.2) is 11.5 Å². The predicted molar refractivity (Wildman–Crippen MR) is 130 cm³/mol. The van der Waals surface area contributed by atoms with Crippen LogP contribution in [-0.4, -0.2) is 43.7 Å². The van der Waals surface area contributed by atoms with Crippen LogP contribution >= 0.6 is 0 Å². The average molecular weight is 454 g/mol. The molecule has 4 aromatic rings.